The van der Waals surface area contributed by atoms with Gasteiger partial charge in [0, 0.05) is 30.3 Å². The Balaban J connectivity index is 2.10. The Hall–Kier alpha value is -1.39. The molecule has 0 saturated carbocycles. The number of hydrogen-bond donors (Lipinski definition) is 1. The van der Waals surface area contributed by atoms with E-state index in [0.29, 0.717) is 6.04 Å². The van der Waals surface area contributed by atoms with Crippen molar-refractivity contribution in [2.75, 3.05) is 26.7 Å². The molecule has 1 atom stereocenters. The van der Waals surface area contributed by atoms with Crippen molar-refractivity contribution < 1.29 is 9.53 Å². The van der Waals surface area contributed by atoms with Crippen LogP contribution >= 0.6 is 0 Å². The van der Waals surface area contributed by atoms with Gasteiger partial charge in [-0.1, -0.05) is 6.92 Å². The second-order valence-corrected chi connectivity index (χ2v) is 5.70. The van der Waals surface area contributed by atoms with Gasteiger partial charge in [0.2, 0.25) is 0 Å². The lowest BCUT2D eigenvalue weighted by molar-refractivity contribution is 0.101. The van der Waals surface area contributed by atoms with E-state index in [2.05, 4.69) is 17.1 Å². The summed E-state index contributed by atoms with van der Waals surface area (Å²) in [5.41, 5.74) is 1.84. The van der Waals surface area contributed by atoms with Crippen LogP contribution in [0.25, 0.3) is 0 Å². The van der Waals surface area contributed by atoms with Crippen molar-refractivity contribution in [3.05, 3.63) is 29.3 Å². The average Bonchev–Trinajstić information content (AvgIpc) is 2.99. The van der Waals surface area contributed by atoms with Crippen molar-refractivity contribution in [2.45, 2.75) is 39.3 Å². The van der Waals surface area contributed by atoms with Gasteiger partial charge in [0.25, 0.3) is 0 Å². The summed E-state index contributed by atoms with van der Waals surface area (Å²) in [7, 11) is 1.68. The molecule has 1 aliphatic rings. The Kier molecular flexibility index (Phi) is 5.76. The lowest BCUT2D eigenvalue weighted by Crippen LogP contribution is -2.37. The van der Waals surface area contributed by atoms with Crippen LogP contribution in [0.4, 0.5) is 0 Å². The SMILES string of the molecule is CCN(Cc1cc(C(C)=O)ccc1OC)CC1CCCN1. The summed E-state index contributed by atoms with van der Waals surface area (Å²) in [6.07, 6.45) is 2.52. The zero-order valence-corrected chi connectivity index (χ0v) is 13.3. The first kappa shape index (κ1) is 16.0. The molecule has 1 aromatic carbocycles. The number of hydrogen-bond acceptors (Lipinski definition) is 4. The zero-order valence-electron chi connectivity index (χ0n) is 13.3. The highest BCUT2D eigenvalue weighted by atomic mass is 16.5. The van der Waals surface area contributed by atoms with E-state index in [4.69, 9.17) is 4.74 Å². The monoisotopic (exact) mass is 290 g/mol. The van der Waals surface area contributed by atoms with Crippen molar-refractivity contribution in [3.8, 4) is 5.75 Å². The highest BCUT2D eigenvalue weighted by molar-refractivity contribution is 5.94. The predicted molar refractivity (Wildman–Crippen MR) is 85.0 cm³/mol. The topological polar surface area (TPSA) is 41.6 Å². The highest BCUT2D eigenvalue weighted by Gasteiger charge is 2.18. The first-order chi connectivity index (χ1) is 10.1. The number of carbonyl (C=O) groups excluding carboxylic acids is 1. The maximum atomic E-state index is 11.6. The minimum atomic E-state index is 0.0967. The fourth-order valence-electron chi connectivity index (χ4n) is 2.89. The fourth-order valence-corrected chi connectivity index (χ4v) is 2.89. The Morgan fingerprint density at radius 3 is 2.86 bits per heavy atom. The number of ketones is 1. The molecule has 4 heteroatoms. The van der Waals surface area contributed by atoms with Crippen molar-refractivity contribution in [1.82, 2.24) is 10.2 Å². The number of methoxy groups -OCH3 is 1. The van der Waals surface area contributed by atoms with Crippen LogP contribution in [-0.2, 0) is 6.54 Å². The second-order valence-electron chi connectivity index (χ2n) is 5.70. The number of nitrogens with zero attached hydrogens (tertiary/aromatic N) is 1. The number of rotatable bonds is 7. The van der Waals surface area contributed by atoms with E-state index in [9.17, 15) is 4.79 Å². The largest absolute Gasteiger partial charge is 0.496 e. The summed E-state index contributed by atoms with van der Waals surface area (Å²) in [5, 5.41) is 3.54. The predicted octanol–water partition coefficient (Wildman–Crippen LogP) is 2.47. The molecule has 1 unspecified atom stereocenters. The van der Waals surface area contributed by atoms with Crippen LogP contribution in [0.15, 0.2) is 18.2 Å². The van der Waals surface area contributed by atoms with Crippen LogP contribution < -0.4 is 10.1 Å². The fraction of sp³-hybridized carbons (Fsp3) is 0.588. The Bertz CT molecular complexity index is 482. The summed E-state index contributed by atoms with van der Waals surface area (Å²) >= 11 is 0. The molecule has 1 aromatic rings. The molecule has 0 aromatic heterocycles. The molecule has 0 radical (unpaired) electrons. The van der Waals surface area contributed by atoms with Gasteiger partial charge < -0.3 is 10.1 Å². The summed E-state index contributed by atoms with van der Waals surface area (Å²) in [6, 6.07) is 6.28. The summed E-state index contributed by atoms with van der Waals surface area (Å²) in [6.45, 7) is 7.77. The molecule has 116 valence electrons. The van der Waals surface area contributed by atoms with Gasteiger partial charge in [-0.05, 0) is 51.1 Å². The van der Waals surface area contributed by atoms with Gasteiger partial charge in [-0.25, -0.2) is 0 Å². The van der Waals surface area contributed by atoms with Crippen LogP contribution in [0.3, 0.4) is 0 Å². The molecular formula is C17H26N2O2. The van der Waals surface area contributed by atoms with Crippen LogP contribution in [0.5, 0.6) is 5.75 Å². The number of Topliss-reactive ketones (excluding diaryl/α,β-unsaturated/α-hetero) is 1. The van der Waals surface area contributed by atoms with Crippen LogP contribution in [0.2, 0.25) is 0 Å². The van der Waals surface area contributed by atoms with Crippen molar-refractivity contribution in [1.29, 1.82) is 0 Å². The van der Waals surface area contributed by atoms with Gasteiger partial charge in [0.1, 0.15) is 5.75 Å². The minimum absolute atomic E-state index is 0.0967. The quantitative estimate of drug-likeness (QED) is 0.783. The maximum absolute atomic E-state index is 11.6. The van der Waals surface area contributed by atoms with Crippen molar-refractivity contribution >= 4 is 5.78 Å². The summed E-state index contributed by atoms with van der Waals surface area (Å²) in [4.78, 5) is 14.0. The van der Waals surface area contributed by atoms with Crippen LogP contribution in [0, 0.1) is 0 Å². The second kappa shape index (κ2) is 7.57. The third-order valence-corrected chi connectivity index (χ3v) is 4.17. The zero-order chi connectivity index (χ0) is 15.2. The van der Waals surface area contributed by atoms with E-state index in [1.165, 1.54) is 12.8 Å². The number of benzene rings is 1. The van der Waals surface area contributed by atoms with Crippen LogP contribution in [0.1, 0.15) is 42.6 Å². The molecule has 1 fully saturated rings. The average molecular weight is 290 g/mol. The Morgan fingerprint density at radius 1 is 1.48 bits per heavy atom. The lowest BCUT2D eigenvalue weighted by atomic mass is 10.1. The van der Waals surface area contributed by atoms with E-state index in [0.717, 1.165) is 43.1 Å². The highest BCUT2D eigenvalue weighted by Crippen LogP contribution is 2.22. The minimum Gasteiger partial charge on any atom is -0.496 e. The molecule has 1 heterocycles. The number of carbonyl (C=O) groups is 1. The molecule has 1 N–H and O–H groups in total. The van der Waals surface area contributed by atoms with E-state index in [1.54, 1.807) is 14.0 Å². The molecular weight excluding hydrogens is 264 g/mol. The molecule has 1 aliphatic heterocycles. The standard InChI is InChI=1S/C17H26N2O2/c1-4-19(12-16-6-5-9-18-16)11-15-10-14(13(2)20)7-8-17(15)21-3/h7-8,10,16,18H,4-6,9,11-12H2,1-3H3. The molecule has 0 amide bonds. The van der Waals surface area contributed by atoms with E-state index in [-0.39, 0.29) is 5.78 Å². The molecule has 0 spiro atoms. The Morgan fingerprint density at radius 2 is 2.29 bits per heavy atom. The summed E-state index contributed by atoms with van der Waals surface area (Å²) < 4.78 is 5.44. The molecule has 21 heavy (non-hydrogen) atoms. The molecule has 0 aliphatic carbocycles. The van der Waals surface area contributed by atoms with Gasteiger partial charge >= 0.3 is 0 Å². The van der Waals surface area contributed by atoms with Crippen LogP contribution in [-0.4, -0.2) is 43.5 Å². The smallest absolute Gasteiger partial charge is 0.159 e. The molecule has 4 nitrogen and oxygen atoms in total. The van der Waals surface area contributed by atoms with Gasteiger partial charge in [0.15, 0.2) is 5.78 Å². The van der Waals surface area contributed by atoms with E-state index in [1.807, 2.05) is 18.2 Å². The third kappa shape index (κ3) is 4.29. The van der Waals surface area contributed by atoms with Gasteiger partial charge in [-0.3, -0.25) is 9.69 Å². The van der Waals surface area contributed by atoms with E-state index < -0.39 is 0 Å². The van der Waals surface area contributed by atoms with Crippen molar-refractivity contribution in [2.24, 2.45) is 0 Å². The number of likely N-dealkylation sites (N-methyl/N-ethyl adjacent to an activating group) is 1. The van der Waals surface area contributed by atoms with E-state index >= 15 is 0 Å². The van der Waals surface area contributed by atoms with Crippen molar-refractivity contribution in [3.63, 3.8) is 0 Å². The van der Waals surface area contributed by atoms with Gasteiger partial charge in [-0.15, -0.1) is 0 Å². The molecule has 0 bridgehead atoms. The first-order valence-corrected chi connectivity index (χ1v) is 7.77. The van der Waals surface area contributed by atoms with Gasteiger partial charge in [-0.2, -0.15) is 0 Å². The third-order valence-electron chi connectivity index (χ3n) is 4.17. The first-order valence-electron chi connectivity index (χ1n) is 7.77. The Labute approximate surface area is 127 Å². The number of nitrogens with one attached hydrogen (secondary N) is 1. The summed E-state index contributed by atoms with van der Waals surface area (Å²) in [5.74, 6) is 0.956. The molecule has 2 rings (SSSR count). The number of ether oxygens (including phenoxy) is 1. The molecule has 1 saturated heterocycles. The normalized spacial score (nSPS) is 18.2. The maximum Gasteiger partial charge on any atom is 0.159 e. The lowest BCUT2D eigenvalue weighted by Gasteiger charge is -2.25. The van der Waals surface area contributed by atoms with Gasteiger partial charge in [0.05, 0.1) is 7.11 Å².